The average molecular weight is 364 g/mol. The molecular formula is C19H15F3O4. The van der Waals surface area contributed by atoms with Gasteiger partial charge in [0.2, 0.25) is 0 Å². The molecular weight excluding hydrogens is 349 g/mol. The summed E-state index contributed by atoms with van der Waals surface area (Å²) in [6.45, 7) is 1.36. The largest absolute Gasteiger partial charge is 0.479 e. The van der Waals surface area contributed by atoms with E-state index in [0.717, 1.165) is 18.2 Å². The van der Waals surface area contributed by atoms with E-state index in [2.05, 4.69) is 0 Å². The van der Waals surface area contributed by atoms with Crippen LogP contribution >= 0.6 is 0 Å². The van der Waals surface area contributed by atoms with Crippen molar-refractivity contribution in [1.82, 2.24) is 0 Å². The second kappa shape index (κ2) is 7.86. The normalized spacial score (nSPS) is 12.8. The van der Waals surface area contributed by atoms with Crippen molar-refractivity contribution in [1.29, 1.82) is 0 Å². The fourth-order valence-electron chi connectivity index (χ4n) is 2.11. The van der Waals surface area contributed by atoms with Gasteiger partial charge in [0.1, 0.15) is 5.75 Å². The van der Waals surface area contributed by atoms with Crippen LogP contribution in [0, 0.1) is 0 Å². The van der Waals surface area contributed by atoms with Crippen molar-refractivity contribution in [3.05, 3.63) is 71.3 Å². The fourth-order valence-corrected chi connectivity index (χ4v) is 2.11. The summed E-state index contributed by atoms with van der Waals surface area (Å²) in [5.74, 6) is -1.35. The van der Waals surface area contributed by atoms with E-state index in [9.17, 15) is 22.8 Å². The number of aliphatic carboxylic acids is 1. The Balaban J connectivity index is 2.13. The molecule has 0 saturated heterocycles. The van der Waals surface area contributed by atoms with Crippen LogP contribution in [0.2, 0.25) is 0 Å². The summed E-state index contributed by atoms with van der Waals surface area (Å²) in [4.78, 5) is 22.8. The minimum Gasteiger partial charge on any atom is -0.479 e. The second-order valence-corrected chi connectivity index (χ2v) is 5.41. The summed E-state index contributed by atoms with van der Waals surface area (Å²) in [5, 5.41) is 8.78. The topological polar surface area (TPSA) is 63.6 Å². The standard InChI is InChI=1S/C19H15F3O4/c1-12(18(24)25)26-15-9-6-14(7-10-15)17(23)11-8-13-4-2-3-5-16(13)19(20,21)22/h2-12H,1H3,(H,24,25)/b11-8-/t12-/m0/s1. The van der Waals surface area contributed by atoms with Crippen LogP contribution in [-0.4, -0.2) is 23.0 Å². The number of alkyl halides is 3. The second-order valence-electron chi connectivity index (χ2n) is 5.41. The number of hydrogen-bond donors (Lipinski definition) is 1. The van der Waals surface area contributed by atoms with E-state index < -0.39 is 29.6 Å². The highest BCUT2D eigenvalue weighted by atomic mass is 19.4. The molecule has 0 spiro atoms. The Labute approximate surface area is 147 Å². The first kappa shape index (κ1) is 19.2. The minimum atomic E-state index is -4.51. The van der Waals surface area contributed by atoms with Crippen LogP contribution in [0.25, 0.3) is 6.08 Å². The fraction of sp³-hybridized carbons (Fsp3) is 0.158. The molecule has 2 aromatic rings. The number of hydrogen-bond acceptors (Lipinski definition) is 3. The van der Waals surface area contributed by atoms with Crippen molar-refractivity contribution in [3.63, 3.8) is 0 Å². The number of ether oxygens (including phenoxy) is 1. The summed E-state index contributed by atoms with van der Waals surface area (Å²) < 4.78 is 43.9. The van der Waals surface area contributed by atoms with Gasteiger partial charge in [0.25, 0.3) is 0 Å². The molecule has 1 N–H and O–H groups in total. The van der Waals surface area contributed by atoms with Gasteiger partial charge in [0.15, 0.2) is 11.9 Å². The van der Waals surface area contributed by atoms with Crippen LogP contribution in [0.4, 0.5) is 13.2 Å². The van der Waals surface area contributed by atoms with Gasteiger partial charge in [0, 0.05) is 5.56 Å². The van der Waals surface area contributed by atoms with Gasteiger partial charge in [-0.25, -0.2) is 4.79 Å². The molecule has 0 aromatic heterocycles. The molecule has 1 atom stereocenters. The molecule has 4 nitrogen and oxygen atoms in total. The van der Waals surface area contributed by atoms with E-state index >= 15 is 0 Å². The molecule has 0 fully saturated rings. The third-order valence-corrected chi connectivity index (χ3v) is 3.48. The highest BCUT2D eigenvalue weighted by Crippen LogP contribution is 2.32. The lowest BCUT2D eigenvalue weighted by Gasteiger charge is -2.10. The van der Waals surface area contributed by atoms with Crippen molar-refractivity contribution >= 4 is 17.8 Å². The summed E-state index contributed by atoms with van der Waals surface area (Å²) in [6, 6.07) is 10.6. The molecule has 0 bridgehead atoms. The van der Waals surface area contributed by atoms with Gasteiger partial charge in [-0.3, -0.25) is 4.79 Å². The van der Waals surface area contributed by atoms with Gasteiger partial charge in [-0.15, -0.1) is 0 Å². The first-order chi connectivity index (χ1) is 12.2. The van der Waals surface area contributed by atoms with Crippen LogP contribution in [0.1, 0.15) is 28.4 Å². The number of halogens is 3. The Morgan fingerprint density at radius 1 is 1.08 bits per heavy atom. The zero-order chi connectivity index (χ0) is 19.3. The smallest absolute Gasteiger partial charge is 0.416 e. The molecule has 136 valence electrons. The lowest BCUT2D eigenvalue weighted by molar-refractivity contribution is -0.144. The molecule has 0 aliphatic heterocycles. The molecule has 2 aromatic carbocycles. The minimum absolute atomic E-state index is 0.108. The van der Waals surface area contributed by atoms with E-state index in [0.29, 0.717) is 0 Å². The number of ketones is 1. The predicted octanol–water partition coefficient (Wildman–Crippen LogP) is 4.45. The number of benzene rings is 2. The van der Waals surface area contributed by atoms with E-state index in [1.807, 2.05) is 0 Å². The van der Waals surface area contributed by atoms with Crippen LogP contribution in [0.15, 0.2) is 54.6 Å². The van der Waals surface area contributed by atoms with Crippen molar-refractivity contribution in [2.75, 3.05) is 0 Å². The Morgan fingerprint density at radius 2 is 1.69 bits per heavy atom. The maximum absolute atomic E-state index is 12.9. The Kier molecular flexibility index (Phi) is 5.82. The van der Waals surface area contributed by atoms with E-state index in [1.54, 1.807) is 0 Å². The lowest BCUT2D eigenvalue weighted by atomic mass is 10.0. The Bertz CT molecular complexity index is 823. The molecule has 0 radical (unpaired) electrons. The molecule has 0 heterocycles. The average Bonchev–Trinajstić information content (AvgIpc) is 2.59. The van der Waals surface area contributed by atoms with Gasteiger partial charge in [-0.2, -0.15) is 13.2 Å². The van der Waals surface area contributed by atoms with Gasteiger partial charge in [-0.05, 0) is 48.9 Å². The predicted molar refractivity (Wildman–Crippen MR) is 89.0 cm³/mol. The molecule has 2 rings (SSSR count). The van der Waals surface area contributed by atoms with E-state index in [1.165, 1.54) is 49.4 Å². The van der Waals surface area contributed by atoms with Gasteiger partial charge in [-0.1, -0.05) is 24.3 Å². The number of rotatable bonds is 6. The number of allylic oxidation sites excluding steroid dienone is 1. The zero-order valence-corrected chi connectivity index (χ0v) is 13.7. The van der Waals surface area contributed by atoms with Crippen molar-refractivity contribution < 1.29 is 32.6 Å². The van der Waals surface area contributed by atoms with Crippen molar-refractivity contribution in [3.8, 4) is 5.75 Å². The monoisotopic (exact) mass is 364 g/mol. The Hall–Kier alpha value is -3.09. The molecule has 0 amide bonds. The summed E-state index contributed by atoms with van der Waals surface area (Å²) in [7, 11) is 0. The van der Waals surface area contributed by atoms with Crippen LogP contribution < -0.4 is 4.74 Å². The highest BCUT2D eigenvalue weighted by molar-refractivity contribution is 6.06. The molecule has 0 aliphatic carbocycles. The summed E-state index contributed by atoms with van der Waals surface area (Å²) in [5.41, 5.74) is -0.694. The number of carbonyl (C=O) groups excluding carboxylic acids is 1. The number of carboxylic acid groups (broad SMARTS) is 1. The first-order valence-corrected chi connectivity index (χ1v) is 7.56. The third kappa shape index (κ3) is 4.95. The first-order valence-electron chi connectivity index (χ1n) is 7.56. The summed E-state index contributed by atoms with van der Waals surface area (Å²) in [6.07, 6.45) is -3.39. The van der Waals surface area contributed by atoms with E-state index in [4.69, 9.17) is 9.84 Å². The lowest BCUT2D eigenvalue weighted by Crippen LogP contribution is -2.22. The zero-order valence-electron chi connectivity index (χ0n) is 13.7. The maximum atomic E-state index is 12.9. The van der Waals surface area contributed by atoms with Gasteiger partial charge < -0.3 is 9.84 Å². The number of carboxylic acids is 1. The number of carbonyl (C=O) groups is 2. The molecule has 0 unspecified atom stereocenters. The third-order valence-electron chi connectivity index (χ3n) is 3.48. The molecule has 7 heteroatoms. The molecule has 0 aliphatic rings. The Morgan fingerprint density at radius 3 is 2.27 bits per heavy atom. The molecule has 0 saturated carbocycles. The van der Waals surface area contributed by atoms with Gasteiger partial charge in [0.05, 0.1) is 5.56 Å². The molecule has 26 heavy (non-hydrogen) atoms. The van der Waals surface area contributed by atoms with Crippen LogP contribution in [0.5, 0.6) is 5.75 Å². The quantitative estimate of drug-likeness (QED) is 0.607. The highest BCUT2D eigenvalue weighted by Gasteiger charge is 2.32. The van der Waals surface area contributed by atoms with Crippen molar-refractivity contribution in [2.45, 2.75) is 19.2 Å². The van der Waals surface area contributed by atoms with Gasteiger partial charge >= 0.3 is 12.1 Å². The van der Waals surface area contributed by atoms with Crippen LogP contribution in [-0.2, 0) is 11.0 Å². The maximum Gasteiger partial charge on any atom is 0.416 e. The van der Waals surface area contributed by atoms with E-state index in [-0.39, 0.29) is 16.9 Å². The van der Waals surface area contributed by atoms with Crippen LogP contribution in [0.3, 0.4) is 0 Å². The van der Waals surface area contributed by atoms with Crippen molar-refractivity contribution in [2.24, 2.45) is 0 Å². The SMILES string of the molecule is C[C@H](Oc1ccc(C(=O)/C=C\c2ccccc2C(F)(F)F)cc1)C(=O)O. The summed E-state index contributed by atoms with van der Waals surface area (Å²) >= 11 is 0.